The Morgan fingerprint density at radius 2 is 2.11 bits per heavy atom. The Balaban J connectivity index is 2.11. The van der Waals surface area contributed by atoms with Crippen molar-refractivity contribution in [1.29, 1.82) is 0 Å². The number of aromatic nitrogens is 1. The number of nitrogens with one attached hydrogen (secondary N) is 2. The zero-order valence-corrected chi connectivity index (χ0v) is 11.9. The molecule has 2 N–H and O–H groups in total. The van der Waals surface area contributed by atoms with Gasteiger partial charge in [-0.2, -0.15) is 0 Å². The van der Waals surface area contributed by atoms with Crippen LogP contribution in [-0.4, -0.2) is 31.0 Å². The fourth-order valence-corrected chi connectivity index (χ4v) is 2.60. The molecule has 0 aliphatic rings. The molecule has 100 valence electrons. The fourth-order valence-electron chi connectivity index (χ4n) is 1.71. The van der Waals surface area contributed by atoms with Crippen LogP contribution >= 0.6 is 11.3 Å². The number of hydrogen-bond donors (Lipinski definition) is 2. The molecule has 2 rings (SSSR count). The van der Waals surface area contributed by atoms with Gasteiger partial charge in [-0.05, 0) is 19.5 Å². The Morgan fingerprint density at radius 3 is 2.84 bits per heavy atom. The van der Waals surface area contributed by atoms with Gasteiger partial charge >= 0.3 is 0 Å². The van der Waals surface area contributed by atoms with Crippen LogP contribution in [-0.2, 0) is 0 Å². The van der Waals surface area contributed by atoms with Gasteiger partial charge in [-0.25, -0.2) is 4.98 Å². The van der Waals surface area contributed by atoms with Gasteiger partial charge in [0.2, 0.25) is 0 Å². The largest absolute Gasteiger partial charge is 0.349 e. The van der Waals surface area contributed by atoms with E-state index in [2.05, 4.69) is 15.6 Å². The topological polar surface area (TPSA) is 54.0 Å². The Morgan fingerprint density at radius 1 is 1.32 bits per heavy atom. The average molecular weight is 275 g/mol. The average Bonchev–Trinajstić information content (AvgIpc) is 2.89. The molecule has 0 aliphatic heterocycles. The maximum absolute atomic E-state index is 11.9. The van der Waals surface area contributed by atoms with Crippen LogP contribution in [0, 0.1) is 6.92 Å². The molecular formula is C14H17N3OS. The monoisotopic (exact) mass is 275 g/mol. The highest BCUT2D eigenvalue weighted by Crippen LogP contribution is 2.26. The van der Waals surface area contributed by atoms with Gasteiger partial charge in [0.1, 0.15) is 10.7 Å². The third kappa shape index (κ3) is 3.39. The van der Waals surface area contributed by atoms with Gasteiger partial charge in [-0.1, -0.05) is 24.3 Å². The first-order valence-electron chi connectivity index (χ1n) is 6.16. The third-order valence-electron chi connectivity index (χ3n) is 2.77. The van der Waals surface area contributed by atoms with Gasteiger partial charge < -0.3 is 10.6 Å². The molecule has 0 radical (unpaired) electrons. The second kappa shape index (κ2) is 6.45. The number of thiazole rings is 1. The molecule has 0 saturated heterocycles. The summed E-state index contributed by atoms with van der Waals surface area (Å²) in [5, 5.41) is 8.49. The molecule has 0 unspecified atom stereocenters. The summed E-state index contributed by atoms with van der Waals surface area (Å²) < 4.78 is 0. The first-order valence-corrected chi connectivity index (χ1v) is 7.04. The van der Waals surface area contributed by atoms with Crippen LogP contribution in [0.5, 0.6) is 0 Å². The lowest BCUT2D eigenvalue weighted by molar-refractivity contribution is 0.0950. The normalized spacial score (nSPS) is 10.4. The number of hydrogen-bond acceptors (Lipinski definition) is 4. The summed E-state index contributed by atoms with van der Waals surface area (Å²) in [7, 11) is 1.85. The molecule has 0 spiro atoms. The summed E-state index contributed by atoms with van der Waals surface area (Å²) in [5.41, 5.74) is 2.74. The number of rotatable bonds is 5. The minimum Gasteiger partial charge on any atom is -0.349 e. The Labute approximate surface area is 116 Å². The SMILES string of the molecule is CNCCNC(=O)c1csc(-c2ccccc2C)n1. The highest BCUT2D eigenvalue weighted by atomic mass is 32.1. The molecule has 2 aromatic rings. The lowest BCUT2D eigenvalue weighted by atomic mass is 10.1. The number of aryl methyl sites for hydroxylation is 1. The molecule has 0 fully saturated rings. The van der Waals surface area contributed by atoms with E-state index in [1.54, 1.807) is 5.38 Å². The maximum Gasteiger partial charge on any atom is 0.270 e. The van der Waals surface area contributed by atoms with Crippen LogP contribution in [0.1, 0.15) is 16.1 Å². The minimum atomic E-state index is -0.119. The quantitative estimate of drug-likeness (QED) is 0.821. The summed E-state index contributed by atoms with van der Waals surface area (Å²) >= 11 is 1.50. The van der Waals surface area contributed by atoms with Gasteiger partial charge in [0.25, 0.3) is 5.91 Å². The number of amides is 1. The van der Waals surface area contributed by atoms with Crippen molar-refractivity contribution in [1.82, 2.24) is 15.6 Å². The van der Waals surface area contributed by atoms with Gasteiger partial charge in [0.05, 0.1) is 0 Å². The Hall–Kier alpha value is -1.72. The molecule has 4 nitrogen and oxygen atoms in total. The van der Waals surface area contributed by atoms with Crippen LogP contribution in [0.2, 0.25) is 0 Å². The summed E-state index contributed by atoms with van der Waals surface area (Å²) in [5.74, 6) is -0.119. The van der Waals surface area contributed by atoms with E-state index < -0.39 is 0 Å². The van der Waals surface area contributed by atoms with Crippen molar-refractivity contribution in [3.05, 3.63) is 40.9 Å². The zero-order valence-electron chi connectivity index (χ0n) is 11.1. The second-order valence-corrected chi connectivity index (χ2v) is 5.07. The zero-order chi connectivity index (χ0) is 13.7. The second-order valence-electron chi connectivity index (χ2n) is 4.21. The van der Waals surface area contributed by atoms with E-state index >= 15 is 0 Å². The maximum atomic E-state index is 11.9. The molecule has 1 aromatic carbocycles. The summed E-state index contributed by atoms with van der Waals surface area (Å²) in [6.07, 6.45) is 0. The predicted molar refractivity (Wildman–Crippen MR) is 78.5 cm³/mol. The van der Waals surface area contributed by atoms with Crippen molar-refractivity contribution in [2.45, 2.75) is 6.92 Å². The van der Waals surface area contributed by atoms with E-state index in [-0.39, 0.29) is 5.91 Å². The minimum absolute atomic E-state index is 0.119. The molecule has 5 heteroatoms. The van der Waals surface area contributed by atoms with Crippen molar-refractivity contribution in [3.63, 3.8) is 0 Å². The Kier molecular flexibility index (Phi) is 4.65. The molecule has 19 heavy (non-hydrogen) atoms. The third-order valence-corrected chi connectivity index (χ3v) is 3.65. The van der Waals surface area contributed by atoms with Gasteiger partial charge in [0.15, 0.2) is 0 Å². The van der Waals surface area contributed by atoms with Crippen LogP contribution < -0.4 is 10.6 Å². The predicted octanol–water partition coefficient (Wildman–Crippen LogP) is 2.07. The lowest BCUT2D eigenvalue weighted by Crippen LogP contribution is -2.30. The van der Waals surface area contributed by atoms with Crippen LogP contribution in [0.15, 0.2) is 29.6 Å². The van der Waals surface area contributed by atoms with Crippen molar-refractivity contribution in [2.24, 2.45) is 0 Å². The van der Waals surface area contributed by atoms with Gasteiger partial charge in [-0.15, -0.1) is 11.3 Å². The molecule has 1 aromatic heterocycles. The van der Waals surface area contributed by atoms with Gasteiger partial charge in [-0.3, -0.25) is 4.79 Å². The van der Waals surface area contributed by atoms with Crippen LogP contribution in [0.3, 0.4) is 0 Å². The van der Waals surface area contributed by atoms with Crippen LogP contribution in [0.4, 0.5) is 0 Å². The van der Waals surface area contributed by atoms with E-state index in [0.29, 0.717) is 12.2 Å². The van der Waals surface area contributed by atoms with Crippen molar-refractivity contribution in [3.8, 4) is 10.6 Å². The standard InChI is InChI=1S/C14H17N3OS/c1-10-5-3-4-6-11(10)14-17-12(9-19-14)13(18)16-8-7-15-2/h3-6,9,15H,7-8H2,1-2H3,(H,16,18). The van der Waals surface area contributed by atoms with Crippen molar-refractivity contribution < 1.29 is 4.79 Å². The highest BCUT2D eigenvalue weighted by Gasteiger charge is 2.12. The van der Waals surface area contributed by atoms with Gasteiger partial charge in [0, 0.05) is 24.0 Å². The van der Waals surface area contributed by atoms with Crippen molar-refractivity contribution >= 4 is 17.2 Å². The molecule has 0 saturated carbocycles. The smallest absolute Gasteiger partial charge is 0.270 e. The number of benzene rings is 1. The molecule has 1 heterocycles. The molecule has 0 bridgehead atoms. The van der Waals surface area contributed by atoms with E-state index in [1.165, 1.54) is 16.9 Å². The summed E-state index contributed by atoms with van der Waals surface area (Å²) in [6.45, 7) is 3.40. The number of carbonyl (C=O) groups is 1. The van der Waals surface area contributed by atoms with Crippen molar-refractivity contribution in [2.75, 3.05) is 20.1 Å². The molecular weight excluding hydrogens is 258 g/mol. The van der Waals surface area contributed by atoms with E-state index in [4.69, 9.17) is 0 Å². The number of likely N-dealkylation sites (N-methyl/N-ethyl adjacent to an activating group) is 1. The highest BCUT2D eigenvalue weighted by molar-refractivity contribution is 7.13. The summed E-state index contributed by atoms with van der Waals surface area (Å²) in [4.78, 5) is 16.3. The van der Waals surface area contributed by atoms with E-state index in [9.17, 15) is 4.79 Å². The number of nitrogens with zero attached hydrogens (tertiary/aromatic N) is 1. The number of carbonyl (C=O) groups excluding carboxylic acids is 1. The fraction of sp³-hybridized carbons (Fsp3) is 0.286. The van der Waals surface area contributed by atoms with E-state index in [1.807, 2.05) is 38.2 Å². The molecule has 1 amide bonds. The molecule has 0 atom stereocenters. The first-order chi connectivity index (χ1) is 9.22. The van der Waals surface area contributed by atoms with Crippen LogP contribution in [0.25, 0.3) is 10.6 Å². The Bertz CT molecular complexity index is 565. The first kappa shape index (κ1) is 13.7. The molecule has 0 aliphatic carbocycles. The lowest BCUT2D eigenvalue weighted by Gasteiger charge is -2.02. The van der Waals surface area contributed by atoms with E-state index in [0.717, 1.165) is 17.1 Å². The summed E-state index contributed by atoms with van der Waals surface area (Å²) in [6, 6.07) is 8.05.